The van der Waals surface area contributed by atoms with Crippen molar-refractivity contribution in [3.05, 3.63) is 22.7 Å². The fraction of sp³-hybridized carbons (Fsp3) is 0.500. The summed E-state index contributed by atoms with van der Waals surface area (Å²) < 4.78 is 6.17. The predicted molar refractivity (Wildman–Crippen MR) is 79.7 cm³/mol. The zero-order valence-corrected chi connectivity index (χ0v) is 12.9. The van der Waals surface area contributed by atoms with Crippen LogP contribution in [0.3, 0.4) is 0 Å². The smallest absolute Gasteiger partial charge is 0.244 e. The lowest BCUT2D eigenvalue weighted by Crippen LogP contribution is -2.38. The number of ether oxygens (including phenoxy) is 1. The molecule has 0 spiro atoms. The topological polar surface area (TPSA) is 41.6 Å². The van der Waals surface area contributed by atoms with E-state index in [1.807, 2.05) is 23.1 Å². The van der Waals surface area contributed by atoms with Gasteiger partial charge in [0.15, 0.2) is 0 Å². The molecule has 2 rings (SSSR count). The van der Waals surface area contributed by atoms with Gasteiger partial charge >= 0.3 is 0 Å². The maximum Gasteiger partial charge on any atom is 0.244 e. The lowest BCUT2D eigenvalue weighted by atomic mass is 10.2. The fourth-order valence-corrected chi connectivity index (χ4v) is 2.67. The summed E-state index contributed by atoms with van der Waals surface area (Å²) in [4.78, 5) is 14.1. The Balaban J connectivity index is 2.13. The Labute approximate surface area is 122 Å². The number of nitrogens with zero attached hydrogens (tertiary/aromatic N) is 1. The Morgan fingerprint density at radius 3 is 3.00 bits per heavy atom. The molecule has 0 saturated carbocycles. The van der Waals surface area contributed by atoms with Gasteiger partial charge < -0.3 is 15.0 Å². The van der Waals surface area contributed by atoms with Gasteiger partial charge in [0.1, 0.15) is 5.75 Å². The molecule has 1 aliphatic rings. The summed E-state index contributed by atoms with van der Waals surface area (Å²) in [6, 6.07) is 5.69. The number of nitrogens with one attached hydrogen (secondary N) is 1. The average molecular weight is 327 g/mol. The van der Waals surface area contributed by atoms with Crippen LogP contribution in [0.1, 0.15) is 19.8 Å². The van der Waals surface area contributed by atoms with Gasteiger partial charge in [0, 0.05) is 18.3 Å². The van der Waals surface area contributed by atoms with Crippen molar-refractivity contribution in [2.24, 2.45) is 0 Å². The van der Waals surface area contributed by atoms with Crippen LogP contribution in [0.4, 0.5) is 5.69 Å². The molecule has 1 aliphatic heterocycles. The van der Waals surface area contributed by atoms with Crippen molar-refractivity contribution in [2.45, 2.75) is 25.8 Å². The first-order chi connectivity index (χ1) is 9.17. The van der Waals surface area contributed by atoms with Gasteiger partial charge in [-0.3, -0.25) is 4.79 Å². The molecule has 104 valence electrons. The van der Waals surface area contributed by atoms with Crippen LogP contribution in [0.2, 0.25) is 0 Å². The van der Waals surface area contributed by atoms with E-state index in [0.717, 1.165) is 41.8 Å². The molecular formula is C14H19BrN2O2. The summed E-state index contributed by atoms with van der Waals surface area (Å²) >= 11 is 3.42. The normalized spacial score (nSPS) is 19.0. The van der Waals surface area contributed by atoms with Crippen LogP contribution >= 0.6 is 15.9 Å². The Bertz CT molecular complexity index is 465. The zero-order valence-electron chi connectivity index (χ0n) is 11.3. The molecule has 1 aromatic rings. The molecule has 0 radical (unpaired) electrons. The van der Waals surface area contributed by atoms with Crippen molar-refractivity contribution >= 4 is 27.5 Å². The average Bonchev–Trinajstić information content (AvgIpc) is 2.78. The standard InChI is InChI=1S/C14H19BrN2O2/c1-3-7-16-12-6-8-17(14(12)18)10-4-5-11(15)13(9-10)19-2/h4-5,9,12,16H,3,6-8H2,1-2H3. The first-order valence-corrected chi connectivity index (χ1v) is 7.35. The zero-order chi connectivity index (χ0) is 13.8. The molecule has 1 unspecified atom stereocenters. The molecule has 1 amide bonds. The van der Waals surface area contributed by atoms with Gasteiger partial charge in [0.25, 0.3) is 0 Å². The third-order valence-electron chi connectivity index (χ3n) is 3.29. The SMILES string of the molecule is CCCNC1CCN(c2ccc(Br)c(OC)c2)C1=O. The van der Waals surface area contributed by atoms with Crippen LogP contribution in [0, 0.1) is 0 Å². The van der Waals surface area contributed by atoms with Gasteiger partial charge in [-0.15, -0.1) is 0 Å². The van der Waals surface area contributed by atoms with Crippen LogP contribution in [0.15, 0.2) is 22.7 Å². The van der Waals surface area contributed by atoms with Gasteiger partial charge in [-0.1, -0.05) is 6.92 Å². The Hall–Kier alpha value is -1.07. The van der Waals surface area contributed by atoms with Crippen molar-refractivity contribution in [3.8, 4) is 5.75 Å². The van der Waals surface area contributed by atoms with Crippen LogP contribution in [0.25, 0.3) is 0 Å². The molecule has 0 aromatic heterocycles. The van der Waals surface area contributed by atoms with E-state index in [1.165, 1.54) is 0 Å². The highest BCUT2D eigenvalue weighted by Gasteiger charge is 2.32. The molecular weight excluding hydrogens is 308 g/mol. The van der Waals surface area contributed by atoms with Gasteiger partial charge in [0.2, 0.25) is 5.91 Å². The Morgan fingerprint density at radius 2 is 2.32 bits per heavy atom. The second kappa shape index (κ2) is 6.39. The summed E-state index contributed by atoms with van der Waals surface area (Å²) in [5, 5.41) is 3.29. The monoisotopic (exact) mass is 326 g/mol. The van der Waals surface area contributed by atoms with Crippen molar-refractivity contribution in [1.82, 2.24) is 5.32 Å². The molecule has 19 heavy (non-hydrogen) atoms. The van der Waals surface area contributed by atoms with E-state index < -0.39 is 0 Å². The molecule has 1 fully saturated rings. The quantitative estimate of drug-likeness (QED) is 0.904. The maximum absolute atomic E-state index is 12.3. The van der Waals surface area contributed by atoms with Crippen molar-refractivity contribution < 1.29 is 9.53 Å². The highest BCUT2D eigenvalue weighted by Crippen LogP contribution is 2.31. The van der Waals surface area contributed by atoms with E-state index in [0.29, 0.717) is 0 Å². The van der Waals surface area contributed by atoms with Gasteiger partial charge in [-0.2, -0.15) is 0 Å². The number of hydrogen-bond acceptors (Lipinski definition) is 3. The number of amides is 1. The number of benzene rings is 1. The molecule has 1 N–H and O–H groups in total. The second-order valence-electron chi connectivity index (χ2n) is 4.60. The molecule has 1 saturated heterocycles. The number of carbonyl (C=O) groups excluding carboxylic acids is 1. The van der Waals surface area contributed by atoms with Gasteiger partial charge in [0.05, 0.1) is 17.6 Å². The van der Waals surface area contributed by atoms with E-state index in [1.54, 1.807) is 7.11 Å². The second-order valence-corrected chi connectivity index (χ2v) is 5.46. The number of carbonyl (C=O) groups is 1. The Morgan fingerprint density at radius 1 is 1.53 bits per heavy atom. The number of rotatable bonds is 5. The van der Waals surface area contributed by atoms with E-state index in [-0.39, 0.29) is 11.9 Å². The molecule has 0 bridgehead atoms. The van der Waals surface area contributed by atoms with Crippen molar-refractivity contribution in [2.75, 3.05) is 25.1 Å². The van der Waals surface area contributed by atoms with Gasteiger partial charge in [-0.05, 0) is 47.4 Å². The van der Waals surface area contributed by atoms with Crippen molar-refractivity contribution in [3.63, 3.8) is 0 Å². The van der Waals surface area contributed by atoms with Crippen molar-refractivity contribution in [1.29, 1.82) is 0 Å². The minimum absolute atomic E-state index is 0.0467. The highest BCUT2D eigenvalue weighted by molar-refractivity contribution is 9.10. The molecule has 0 aliphatic carbocycles. The minimum atomic E-state index is -0.0467. The van der Waals surface area contributed by atoms with Crippen LogP contribution in [-0.2, 0) is 4.79 Å². The third kappa shape index (κ3) is 3.09. The lowest BCUT2D eigenvalue weighted by molar-refractivity contribution is -0.118. The first-order valence-electron chi connectivity index (χ1n) is 6.55. The first kappa shape index (κ1) is 14.3. The van der Waals surface area contributed by atoms with E-state index in [4.69, 9.17) is 4.74 Å². The van der Waals surface area contributed by atoms with E-state index in [2.05, 4.69) is 28.2 Å². The number of halogens is 1. The minimum Gasteiger partial charge on any atom is -0.495 e. The van der Waals surface area contributed by atoms with E-state index in [9.17, 15) is 4.79 Å². The molecule has 1 aromatic carbocycles. The third-order valence-corrected chi connectivity index (χ3v) is 3.95. The number of methoxy groups -OCH3 is 1. The number of anilines is 1. The fourth-order valence-electron chi connectivity index (χ4n) is 2.26. The van der Waals surface area contributed by atoms with Gasteiger partial charge in [-0.25, -0.2) is 0 Å². The van der Waals surface area contributed by atoms with Crippen LogP contribution in [-0.4, -0.2) is 32.1 Å². The number of hydrogen-bond donors (Lipinski definition) is 1. The summed E-state index contributed by atoms with van der Waals surface area (Å²) in [6.45, 7) is 3.74. The lowest BCUT2D eigenvalue weighted by Gasteiger charge is -2.18. The summed E-state index contributed by atoms with van der Waals surface area (Å²) in [5.74, 6) is 0.896. The summed E-state index contributed by atoms with van der Waals surface area (Å²) in [7, 11) is 1.63. The Kier molecular flexibility index (Phi) is 4.82. The van der Waals surface area contributed by atoms with Crippen LogP contribution < -0.4 is 15.0 Å². The summed E-state index contributed by atoms with van der Waals surface area (Å²) in [5.41, 5.74) is 0.894. The van der Waals surface area contributed by atoms with Crippen LogP contribution in [0.5, 0.6) is 5.75 Å². The summed E-state index contributed by atoms with van der Waals surface area (Å²) in [6.07, 6.45) is 1.90. The molecule has 1 atom stereocenters. The predicted octanol–water partition coefficient (Wildman–Crippen LogP) is 2.56. The molecule has 1 heterocycles. The highest BCUT2D eigenvalue weighted by atomic mass is 79.9. The largest absolute Gasteiger partial charge is 0.495 e. The molecule has 4 nitrogen and oxygen atoms in total. The maximum atomic E-state index is 12.3. The van der Waals surface area contributed by atoms with E-state index >= 15 is 0 Å². The molecule has 5 heteroatoms.